The standard InChI is InChI=1S/C29H29N/c1-4-7-26(30-27-18-15-25(16-19-27)29(3)20-21-29)17-14-23-8-5-6-9-28(23)24-12-10-22(2)11-13-24/h5-13,15-16,18-19,30H,4,20-21H2,1-3H3/b26-7+. The molecule has 0 radical (unpaired) electrons. The predicted molar refractivity (Wildman–Crippen MR) is 129 cm³/mol. The summed E-state index contributed by atoms with van der Waals surface area (Å²) in [7, 11) is 0. The van der Waals surface area contributed by atoms with Crippen molar-refractivity contribution in [1.29, 1.82) is 0 Å². The van der Waals surface area contributed by atoms with Gasteiger partial charge in [-0.25, -0.2) is 0 Å². The highest BCUT2D eigenvalue weighted by atomic mass is 14.9. The molecule has 0 atom stereocenters. The second-order valence-corrected chi connectivity index (χ2v) is 8.45. The Morgan fingerprint density at radius 1 is 0.967 bits per heavy atom. The van der Waals surface area contributed by atoms with Gasteiger partial charge in [0.25, 0.3) is 0 Å². The Hall–Kier alpha value is -3.24. The topological polar surface area (TPSA) is 12.0 Å². The first-order valence-corrected chi connectivity index (χ1v) is 10.8. The SMILES string of the molecule is CC/C=C(\C#Cc1ccccc1-c1ccc(C)cc1)Nc1ccc(C2(C)CC2)cc1. The highest BCUT2D eigenvalue weighted by molar-refractivity contribution is 5.72. The van der Waals surface area contributed by atoms with E-state index in [0.29, 0.717) is 5.41 Å². The maximum Gasteiger partial charge on any atom is 0.0860 e. The summed E-state index contributed by atoms with van der Waals surface area (Å²) < 4.78 is 0. The van der Waals surface area contributed by atoms with Gasteiger partial charge in [0, 0.05) is 11.3 Å². The number of aryl methyl sites for hydroxylation is 1. The first kappa shape index (κ1) is 20.0. The van der Waals surface area contributed by atoms with Gasteiger partial charge >= 0.3 is 0 Å². The Labute approximate surface area is 180 Å². The number of rotatable bonds is 5. The zero-order chi connectivity index (χ0) is 21.0. The highest BCUT2D eigenvalue weighted by Gasteiger charge is 2.38. The van der Waals surface area contributed by atoms with Crippen LogP contribution in [0.1, 0.15) is 49.8 Å². The fourth-order valence-electron chi connectivity index (χ4n) is 3.64. The summed E-state index contributed by atoms with van der Waals surface area (Å²) in [6.07, 6.45) is 5.68. The van der Waals surface area contributed by atoms with Crippen molar-refractivity contribution in [3.63, 3.8) is 0 Å². The minimum Gasteiger partial charge on any atom is -0.349 e. The van der Waals surface area contributed by atoms with Crippen molar-refractivity contribution in [2.24, 2.45) is 0 Å². The van der Waals surface area contributed by atoms with E-state index in [0.717, 1.165) is 23.4 Å². The molecule has 0 heterocycles. The summed E-state index contributed by atoms with van der Waals surface area (Å²) >= 11 is 0. The van der Waals surface area contributed by atoms with E-state index < -0.39 is 0 Å². The molecule has 1 saturated carbocycles. The Bertz CT molecular complexity index is 1100. The van der Waals surface area contributed by atoms with E-state index in [1.165, 1.54) is 35.1 Å². The second-order valence-electron chi connectivity index (χ2n) is 8.45. The van der Waals surface area contributed by atoms with E-state index in [1.807, 2.05) is 0 Å². The van der Waals surface area contributed by atoms with Gasteiger partial charge in [0.1, 0.15) is 0 Å². The smallest absolute Gasteiger partial charge is 0.0860 e. The average molecular weight is 392 g/mol. The number of hydrogen-bond donors (Lipinski definition) is 1. The third kappa shape index (κ3) is 4.66. The fourth-order valence-corrected chi connectivity index (χ4v) is 3.64. The monoisotopic (exact) mass is 391 g/mol. The minimum atomic E-state index is 0.403. The number of allylic oxidation sites excluding steroid dienone is 2. The van der Waals surface area contributed by atoms with Gasteiger partial charge in [0.15, 0.2) is 0 Å². The molecule has 1 heteroatoms. The molecule has 0 unspecified atom stereocenters. The van der Waals surface area contributed by atoms with Gasteiger partial charge in [-0.1, -0.05) is 86.0 Å². The van der Waals surface area contributed by atoms with Crippen LogP contribution in [-0.2, 0) is 5.41 Å². The van der Waals surface area contributed by atoms with Crippen LogP contribution in [0, 0.1) is 18.8 Å². The number of benzene rings is 3. The Kier molecular flexibility index (Phi) is 5.77. The molecule has 1 fully saturated rings. The van der Waals surface area contributed by atoms with Crippen LogP contribution in [0.5, 0.6) is 0 Å². The van der Waals surface area contributed by atoms with Gasteiger partial charge in [-0.05, 0) is 72.4 Å². The largest absolute Gasteiger partial charge is 0.349 e. The summed E-state index contributed by atoms with van der Waals surface area (Å²) in [5.74, 6) is 6.76. The maximum atomic E-state index is 3.50. The summed E-state index contributed by atoms with van der Waals surface area (Å²) in [4.78, 5) is 0. The van der Waals surface area contributed by atoms with Crippen LogP contribution in [0.2, 0.25) is 0 Å². The third-order valence-electron chi connectivity index (χ3n) is 5.89. The van der Waals surface area contributed by atoms with Gasteiger partial charge in [-0.15, -0.1) is 0 Å². The van der Waals surface area contributed by atoms with Crippen molar-refractivity contribution >= 4 is 5.69 Å². The minimum absolute atomic E-state index is 0.403. The molecule has 30 heavy (non-hydrogen) atoms. The second kappa shape index (κ2) is 8.64. The van der Waals surface area contributed by atoms with Crippen molar-refractivity contribution in [3.05, 3.63) is 101 Å². The lowest BCUT2D eigenvalue weighted by Crippen LogP contribution is -2.01. The zero-order valence-corrected chi connectivity index (χ0v) is 18.1. The van der Waals surface area contributed by atoms with Crippen molar-refractivity contribution in [2.75, 3.05) is 5.32 Å². The van der Waals surface area contributed by atoms with E-state index in [1.54, 1.807) is 0 Å². The summed E-state index contributed by atoms with van der Waals surface area (Å²) in [6, 6.07) is 25.8. The Morgan fingerprint density at radius 2 is 1.67 bits per heavy atom. The molecule has 0 aromatic heterocycles. The summed E-state index contributed by atoms with van der Waals surface area (Å²) in [6.45, 7) is 6.59. The average Bonchev–Trinajstić information content (AvgIpc) is 3.52. The predicted octanol–water partition coefficient (Wildman–Crippen LogP) is 7.47. The fraction of sp³-hybridized carbons (Fsp3) is 0.241. The van der Waals surface area contributed by atoms with E-state index in [4.69, 9.17) is 0 Å². The lowest BCUT2D eigenvalue weighted by atomic mass is 9.98. The zero-order valence-electron chi connectivity index (χ0n) is 18.1. The Morgan fingerprint density at radius 3 is 2.33 bits per heavy atom. The van der Waals surface area contributed by atoms with Crippen LogP contribution in [0.15, 0.2) is 84.6 Å². The molecule has 3 aromatic rings. The molecular weight excluding hydrogens is 362 g/mol. The van der Waals surface area contributed by atoms with Crippen molar-refractivity contribution in [2.45, 2.75) is 45.4 Å². The van der Waals surface area contributed by atoms with Gasteiger partial charge < -0.3 is 5.32 Å². The highest BCUT2D eigenvalue weighted by Crippen LogP contribution is 2.47. The molecule has 1 aliphatic rings. The van der Waals surface area contributed by atoms with Crippen molar-refractivity contribution < 1.29 is 0 Å². The number of nitrogens with one attached hydrogen (secondary N) is 1. The molecule has 0 spiro atoms. The quantitative estimate of drug-likeness (QED) is 0.445. The lowest BCUT2D eigenvalue weighted by Gasteiger charge is -2.11. The van der Waals surface area contributed by atoms with E-state index in [2.05, 4.69) is 117 Å². The third-order valence-corrected chi connectivity index (χ3v) is 5.89. The van der Waals surface area contributed by atoms with Crippen molar-refractivity contribution in [1.82, 2.24) is 0 Å². The van der Waals surface area contributed by atoms with E-state index in [9.17, 15) is 0 Å². The normalized spacial score (nSPS) is 14.6. The van der Waals surface area contributed by atoms with Crippen LogP contribution >= 0.6 is 0 Å². The van der Waals surface area contributed by atoms with Gasteiger partial charge in [-0.3, -0.25) is 0 Å². The number of hydrogen-bond acceptors (Lipinski definition) is 1. The molecule has 1 nitrogen and oxygen atoms in total. The van der Waals surface area contributed by atoms with Crippen LogP contribution in [0.3, 0.4) is 0 Å². The molecule has 0 saturated heterocycles. The molecule has 150 valence electrons. The van der Waals surface area contributed by atoms with Gasteiger partial charge in [0.05, 0.1) is 5.70 Å². The van der Waals surface area contributed by atoms with E-state index >= 15 is 0 Å². The van der Waals surface area contributed by atoms with Crippen LogP contribution in [-0.4, -0.2) is 0 Å². The molecule has 0 amide bonds. The Balaban J connectivity index is 1.57. The van der Waals surface area contributed by atoms with Gasteiger partial charge in [-0.2, -0.15) is 0 Å². The first-order chi connectivity index (χ1) is 14.6. The molecular formula is C29H29N. The van der Waals surface area contributed by atoms with E-state index in [-0.39, 0.29) is 0 Å². The molecule has 0 bridgehead atoms. The van der Waals surface area contributed by atoms with Crippen molar-refractivity contribution in [3.8, 4) is 23.0 Å². The molecule has 1 aliphatic carbocycles. The maximum absolute atomic E-state index is 3.50. The summed E-state index contributed by atoms with van der Waals surface area (Å²) in [5, 5.41) is 3.50. The van der Waals surface area contributed by atoms with Crippen LogP contribution in [0.25, 0.3) is 11.1 Å². The van der Waals surface area contributed by atoms with Crippen LogP contribution in [0.4, 0.5) is 5.69 Å². The van der Waals surface area contributed by atoms with Gasteiger partial charge in [0.2, 0.25) is 0 Å². The molecule has 0 aliphatic heterocycles. The molecule has 1 N–H and O–H groups in total. The number of anilines is 1. The lowest BCUT2D eigenvalue weighted by molar-refractivity contribution is 0.788. The molecule has 4 rings (SSSR count). The summed E-state index contributed by atoms with van der Waals surface area (Å²) in [5.41, 5.74) is 8.55. The molecule has 3 aromatic carbocycles. The van der Waals surface area contributed by atoms with Crippen LogP contribution < -0.4 is 5.32 Å². The first-order valence-electron chi connectivity index (χ1n) is 10.8.